The lowest BCUT2D eigenvalue weighted by Gasteiger charge is -2.24. The van der Waals surface area contributed by atoms with Crippen LogP contribution in [-0.2, 0) is 4.74 Å². The lowest BCUT2D eigenvalue weighted by atomic mass is 9.98. The molecule has 0 aliphatic carbocycles. The van der Waals surface area contributed by atoms with Gasteiger partial charge in [-0.3, -0.25) is 0 Å². The van der Waals surface area contributed by atoms with Crippen molar-refractivity contribution in [3.8, 4) is 6.07 Å². The second kappa shape index (κ2) is 5.38. The number of benzene rings is 1. The third-order valence-corrected chi connectivity index (χ3v) is 2.39. The van der Waals surface area contributed by atoms with E-state index in [0.717, 1.165) is 5.56 Å². The smallest absolute Gasteiger partial charge is 0.407 e. The molecule has 1 atom stereocenters. The quantitative estimate of drug-likeness (QED) is 0.816. The minimum Gasteiger partial charge on any atom is -0.449 e. The van der Waals surface area contributed by atoms with Gasteiger partial charge in [0.05, 0.1) is 24.3 Å². The van der Waals surface area contributed by atoms with Gasteiger partial charge >= 0.3 is 6.09 Å². The van der Waals surface area contributed by atoms with Crippen LogP contribution in [0.2, 0.25) is 0 Å². The topological polar surface area (TPSA) is 62.1 Å². The molecule has 1 aromatic rings. The van der Waals surface area contributed by atoms with Crippen molar-refractivity contribution in [3.05, 3.63) is 35.4 Å². The molecule has 1 N–H and O–H groups in total. The summed E-state index contributed by atoms with van der Waals surface area (Å²) in [5.41, 5.74) is 1.46. The predicted molar refractivity (Wildman–Crippen MR) is 60.2 cm³/mol. The van der Waals surface area contributed by atoms with Crippen LogP contribution in [0.3, 0.4) is 0 Å². The number of hydrogen-bond donors (Lipinski definition) is 1. The summed E-state index contributed by atoms with van der Waals surface area (Å²) in [6.07, 6.45) is 0.281. The molecule has 1 heterocycles. The van der Waals surface area contributed by atoms with E-state index in [9.17, 15) is 4.79 Å². The molecule has 84 valence electrons. The fourth-order valence-electron chi connectivity index (χ4n) is 1.66. The molecule has 0 bridgehead atoms. The van der Waals surface area contributed by atoms with Gasteiger partial charge < -0.3 is 10.1 Å². The molecule has 0 spiro atoms. The first-order chi connectivity index (χ1) is 7.31. The molecule has 2 rings (SSSR count). The van der Waals surface area contributed by atoms with Gasteiger partial charge in [0.1, 0.15) is 0 Å². The van der Waals surface area contributed by atoms with Crippen LogP contribution in [-0.4, -0.2) is 12.7 Å². The highest BCUT2D eigenvalue weighted by Gasteiger charge is 2.22. The number of cyclic esters (lactones) is 1. The molecule has 1 aliphatic heterocycles. The first kappa shape index (κ1) is 12.3. The molecule has 4 nitrogen and oxygen atoms in total. The van der Waals surface area contributed by atoms with Crippen molar-refractivity contribution in [2.75, 3.05) is 6.61 Å². The van der Waals surface area contributed by atoms with Crippen molar-refractivity contribution in [1.29, 1.82) is 5.26 Å². The third-order valence-electron chi connectivity index (χ3n) is 2.39. The van der Waals surface area contributed by atoms with Gasteiger partial charge in [-0.25, -0.2) is 4.79 Å². The van der Waals surface area contributed by atoms with Crippen molar-refractivity contribution in [1.82, 2.24) is 5.32 Å². The van der Waals surface area contributed by atoms with E-state index in [4.69, 9.17) is 10.00 Å². The molecule has 1 aromatic carbocycles. The van der Waals surface area contributed by atoms with E-state index in [1.165, 1.54) is 0 Å². The van der Waals surface area contributed by atoms with E-state index in [2.05, 4.69) is 11.4 Å². The Labute approximate surface area is 99.6 Å². The Hall–Kier alpha value is -1.73. The van der Waals surface area contributed by atoms with Gasteiger partial charge in [-0.15, -0.1) is 12.4 Å². The highest BCUT2D eigenvalue weighted by atomic mass is 35.5. The monoisotopic (exact) mass is 238 g/mol. The first-order valence-corrected chi connectivity index (χ1v) is 4.73. The van der Waals surface area contributed by atoms with Crippen molar-refractivity contribution in [3.63, 3.8) is 0 Å². The fourth-order valence-corrected chi connectivity index (χ4v) is 1.66. The molecule has 0 aromatic heterocycles. The Balaban J connectivity index is 0.00000128. The number of rotatable bonds is 1. The number of ether oxygens (including phenoxy) is 1. The minimum absolute atomic E-state index is 0. The molecule has 0 unspecified atom stereocenters. The minimum atomic E-state index is -0.418. The fraction of sp³-hybridized carbons (Fsp3) is 0.273. The van der Waals surface area contributed by atoms with Gasteiger partial charge in [-0.1, -0.05) is 18.2 Å². The van der Waals surface area contributed by atoms with Gasteiger partial charge in [0, 0.05) is 6.42 Å². The van der Waals surface area contributed by atoms with Crippen LogP contribution >= 0.6 is 12.4 Å². The van der Waals surface area contributed by atoms with Crippen LogP contribution < -0.4 is 5.32 Å². The molecule has 0 saturated carbocycles. The summed E-state index contributed by atoms with van der Waals surface area (Å²) in [6, 6.07) is 9.28. The third kappa shape index (κ3) is 2.44. The summed E-state index contributed by atoms with van der Waals surface area (Å²) in [6.45, 7) is 0.399. The van der Waals surface area contributed by atoms with Crippen LogP contribution in [0.25, 0.3) is 0 Å². The number of halogens is 1. The van der Waals surface area contributed by atoms with Crippen LogP contribution in [0.5, 0.6) is 0 Å². The Bertz CT molecular complexity index is 428. The number of carbonyl (C=O) groups is 1. The largest absolute Gasteiger partial charge is 0.449 e. The van der Waals surface area contributed by atoms with Crippen molar-refractivity contribution >= 4 is 18.5 Å². The SMILES string of the molecule is Cl.N#Cc1ccccc1[C@H]1CCOC(=O)N1. The summed E-state index contributed by atoms with van der Waals surface area (Å²) in [5, 5.41) is 11.6. The second-order valence-corrected chi connectivity index (χ2v) is 3.32. The number of nitrogens with zero attached hydrogens (tertiary/aromatic N) is 1. The molecule has 1 aliphatic rings. The highest BCUT2D eigenvalue weighted by Crippen LogP contribution is 2.22. The van der Waals surface area contributed by atoms with E-state index >= 15 is 0 Å². The molecular weight excluding hydrogens is 228 g/mol. The predicted octanol–water partition coefficient (Wildman–Crippen LogP) is 2.15. The summed E-state index contributed by atoms with van der Waals surface area (Å²) in [5.74, 6) is 0. The Morgan fingerprint density at radius 2 is 2.19 bits per heavy atom. The maximum atomic E-state index is 11.0. The number of alkyl carbamates (subject to hydrolysis) is 1. The molecule has 0 radical (unpaired) electrons. The number of amides is 1. The van der Waals surface area contributed by atoms with Gasteiger partial charge in [0.25, 0.3) is 0 Å². The molecule has 5 heteroatoms. The van der Waals surface area contributed by atoms with E-state index < -0.39 is 6.09 Å². The Morgan fingerprint density at radius 3 is 2.88 bits per heavy atom. The van der Waals surface area contributed by atoms with E-state index in [1.54, 1.807) is 6.07 Å². The normalized spacial score (nSPS) is 18.7. The summed E-state index contributed by atoms with van der Waals surface area (Å²) < 4.78 is 4.77. The average molecular weight is 239 g/mol. The first-order valence-electron chi connectivity index (χ1n) is 4.73. The highest BCUT2D eigenvalue weighted by molar-refractivity contribution is 5.85. The van der Waals surface area contributed by atoms with Crippen molar-refractivity contribution in [2.24, 2.45) is 0 Å². The summed E-state index contributed by atoms with van der Waals surface area (Å²) in [7, 11) is 0. The number of carbonyl (C=O) groups excluding carboxylic acids is 1. The van der Waals surface area contributed by atoms with Gasteiger partial charge in [-0.2, -0.15) is 5.26 Å². The average Bonchev–Trinajstić information content (AvgIpc) is 2.29. The molecule has 1 saturated heterocycles. The number of nitrogens with one attached hydrogen (secondary N) is 1. The molecule has 1 amide bonds. The zero-order valence-electron chi connectivity index (χ0n) is 8.47. The molecule has 1 fully saturated rings. The maximum Gasteiger partial charge on any atom is 0.407 e. The van der Waals surface area contributed by atoms with Crippen LogP contribution in [0.1, 0.15) is 23.6 Å². The maximum absolute atomic E-state index is 11.0. The Morgan fingerprint density at radius 1 is 1.44 bits per heavy atom. The lowest BCUT2D eigenvalue weighted by molar-refractivity contribution is 0.115. The van der Waals surface area contributed by atoms with E-state index in [0.29, 0.717) is 18.6 Å². The van der Waals surface area contributed by atoms with Crippen LogP contribution in [0.15, 0.2) is 24.3 Å². The number of hydrogen-bond acceptors (Lipinski definition) is 3. The summed E-state index contributed by atoms with van der Waals surface area (Å²) in [4.78, 5) is 11.0. The van der Waals surface area contributed by atoms with Crippen molar-refractivity contribution in [2.45, 2.75) is 12.5 Å². The molecular formula is C11H11ClN2O2. The van der Waals surface area contributed by atoms with E-state index in [1.807, 2.05) is 18.2 Å². The zero-order chi connectivity index (χ0) is 10.7. The zero-order valence-corrected chi connectivity index (χ0v) is 9.29. The van der Waals surface area contributed by atoms with Crippen LogP contribution in [0, 0.1) is 11.3 Å². The van der Waals surface area contributed by atoms with Gasteiger partial charge in [0.15, 0.2) is 0 Å². The second-order valence-electron chi connectivity index (χ2n) is 3.32. The number of nitriles is 1. The van der Waals surface area contributed by atoms with E-state index in [-0.39, 0.29) is 18.4 Å². The van der Waals surface area contributed by atoms with Crippen molar-refractivity contribution < 1.29 is 9.53 Å². The van der Waals surface area contributed by atoms with Gasteiger partial charge in [0.2, 0.25) is 0 Å². The van der Waals surface area contributed by atoms with Crippen LogP contribution in [0.4, 0.5) is 4.79 Å². The lowest BCUT2D eigenvalue weighted by Crippen LogP contribution is -2.35. The van der Waals surface area contributed by atoms with Gasteiger partial charge in [-0.05, 0) is 11.6 Å². The Kier molecular flexibility index (Phi) is 4.15. The summed E-state index contributed by atoms with van der Waals surface area (Å²) >= 11 is 0. The molecule has 16 heavy (non-hydrogen) atoms. The standard InChI is InChI=1S/C11H10N2O2.ClH/c12-7-8-3-1-2-4-9(8)10-5-6-15-11(14)13-10;/h1-4,10H,5-6H2,(H,13,14);1H/t10-;/m1./s1.